The van der Waals surface area contributed by atoms with Gasteiger partial charge in [0.05, 0.1) is 25.0 Å². The van der Waals surface area contributed by atoms with Crippen molar-refractivity contribution in [3.05, 3.63) is 194 Å². The van der Waals surface area contributed by atoms with Crippen LogP contribution in [0.3, 0.4) is 0 Å². The lowest BCUT2D eigenvalue weighted by molar-refractivity contribution is 0.599. The molecule has 3 aromatic heterocycles. The van der Waals surface area contributed by atoms with Crippen molar-refractivity contribution in [1.29, 1.82) is 0 Å². The van der Waals surface area contributed by atoms with E-state index < -0.39 is 12.1 Å². The molecule has 10 aromatic rings. The summed E-state index contributed by atoms with van der Waals surface area (Å²) in [5, 5.41) is 1.98. The zero-order valence-corrected chi connectivity index (χ0v) is 28.3. The van der Waals surface area contributed by atoms with E-state index in [1.165, 1.54) is 0 Å². The van der Waals surface area contributed by atoms with Gasteiger partial charge in [-0.2, -0.15) is 0 Å². The summed E-state index contributed by atoms with van der Waals surface area (Å²) in [4.78, 5) is 9.55. The highest BCUT2D eigenvalue weighted by atomic mass is 16.3. The molecule has 0 saturated heterocycles. The Bertz CT molecular complexity index is 3280. The molecule has 10 rings (SSSR count). The summed E-state index contributed by atoms with van der Waals surface area (Å²) >= 11 is 0. The first-order valence-corrected chi connectivity index (χ1v) is 17.4. The van der Waals surface area contributed by atoms with Gasteiger partial charge in [-0.25, -0.2) is 4.98 Å². The van der Waals surface area contributed by atoms with E-state index in [1.54, 1.807) is 12.3 Å². The fraction of sp³-hybridized carbons (Fsp3) is 0. The van der Waals surface area contributed by atoms with Crippen molar-refractivity contribution in [3.63, 3.8) is 0 Å². The maximum atomic E-state index is 9.60. The van der Waals surface area contributed by atoms with E-state index in [4.69, 9.17) is 12.1 Å². The second kappa shape index (κ2) is 12.9. The normalized spacial score (nSPS) is 13.0. The monoisotopic (exact) mass is 682 g/mol. The van der Waals surface area contributed by atoms with Crippen LogP contribution in [0.5, 0.6) is 0 Å². The largest absolute Gasteiger partial charge is 0.455 e. The van der Waals surface area contributed by atoms with Crippen LogP contribution in [0, 0.1) is 0 Å². The third kappa shape index (κ3) is 5.38. The van der Waals surface area contributed by atoms with Crippen LogP contribution >= 0.6 is 0 Å². The van der Waals surface area contributed by atoms with Crippen LogP contribution in [0.25, 0.3) is 99.9 Å². The van der Waals surface area contributed by atoms with Gasteiger partial charge in [0.15, 0.2) is 0 Å². The Morgan fingerprint density at radius 1 is 0.434 bits per heavy atom. The van der Waals surface area contributed by atoms with Crippen LogP contribution in [-0.4, -0.2) is 9.97 Å². The quantitative estimate of drug-likeness (QED) is 0.164. The van der Waals surface area contributed by atoms with Gasteiger partial charge >= 0.3 is 0 Å². The predicted molar refractivity (Wildman–Crippen MR) is 219 cm³/mol. The van der Waals surface area contributed by atoms with Crippen LogP contribution in [0.2, 0.25) is 0 Å². The van der Waals surface area contributed by atoms with Gasteiger partial charge < -0.3 is 4.42 Å². The van der Waals surface area contributed by atoms with Crippen molar-refractivity contribution in [1.82, 2.24) is 9.97 Å². The zero-order valence-electron chi connectivity index (χ0n) is 34.3. The van der Waals surface area contributed by atoms with Crippen LogP contribution in [0.15, 0.2) is 199 Å². The highest BCUT2D eigenvalue weighted by Gasteiger charge is 2.25. The summed E-state index contributed by atoms with van der Waals surface area (Å²) in [5.41, 5.74) is 7.78. The second-order valence-corrected chi connectivity index (χ2v) is 12.8. The first kappa shape index (κ1) is 25.0. The smallest absolute Gasteiger partial charge is 0.143 e. The Kier molecular flexibility index (Phi) is 6.07. The highest BCUT2D eigenvalue weighted by Crippen LogP contribution is 2.49. The van der Waals surface area contributed by atoms with E-state index >= 15 is 0 Å². The molecule has 0 atom stereocenters. The lowest BCUT2D eigenvalue weighted by atomic mass is 9.90. The van der Waals surface area contributed by atoms with Gasteiger partial charge in [0.2, 0.25) is 0 Å². The average Bonchev–Trinajstić information content (AvgIpc) is 3.70. The number of aromatic nitrogens is 2. The molecule has 3 heterocycles. The van der Waals surface area contributed by atoms with Gasteiger partial charge in [-0.15, -0.1) is 0 Å². The average molecular weight is 683 g/mol. The fourth-order valence-corrected chi connectivity index (χ4v) is 7.21. The van der Waals surface area contributed by atoms with E-state index in [0.29, 0.717) is 39.4 Å². The maximum Gasteiger partial charge on any atom is 0.143 e. The summed E-state index contributed by atoms with van der Waals surface area (Å²) < 4.78 is 62.1. The zero-order chi connectivity index (χ0) is 40.4. The van der Waals surface area contributed by atoms with E-state index in [1.807, 2.05) is 121 Å². The molecular formula is C50H32N2O. The van der Waals surface area contributed by atoms with Crippen LogP contribution in [0.4, 0.5) is 0 Å². The number of hydrogen-bond donors (Lipinski definition) is 0. The highest BCUT2D eigenvalue weighted by molar-refractivity contribution is 6.08. The molecule has 7 aromatic carbocycles. The van der Waals surface area contributed by atoms with Gasteiger partial charge in [-0.3, -0.25) is 4.98 Å². The number of nitrogens with zero attached hydrogens (tertiary/aromatic N) is 2. The molecule has 0 amide bonds. The van der Waals surface area contributed by atoms with E-state index in [9.17, 15) is 5.48 Å². The number of hydrogen-bond acceptors (Lipinski definition) is 3. The number of furan rings is 1. The van der Waals surface area contributed by atoms with Crippen molar-refractivity contribution in [2.75, 3.05) is 0 Å². The van der Waals surface area contributed by atoms with Crippen molar-refractivity contribution in [2.45, 2.75) is 0 Å². The Morgan fingerprint density at radius 3 is 1.68 bits per heavy atom. The maximum absolute atomic E-state index is 9.60. The van der Waals surface area contributed by atoms with E-state index in [0.717, 1.165) is 38.6 Å². The van der Waals surface area contributed by atoms with Gasteiger partial charge in [-0.05, 0) is 51.2 Å². The molecule has 0 radical (unpaired) electrons. The van der Waals surface area contributed by atoms with Crippen molar-refractivity contribution >= 4 is 32.6 Å². The summed E-state index contributed by atoms with van der Waals surface area (Å²) in [6, 6.07) is 47.1. The number of pyridine rings is 2. The summed E-state index contributed by atoms with van der Waals surface area (Å²) in [5.74, 6) is 1.29. The minimum absolute atomic E-state index is 0.123. The second-order valence-electron chi connectivity index (χ2n) is 12.8. The van der Waals surface area contributed by atoms with Gasteiger partial charge in [0.1, 0.15) is 11.5 Å². The Balaban J connectivity index is 1.25. The molecular weight excluding hydrogens is 645 g/mol. The topological polar surface area (TPSA) is 38.9 Å². The van der Waals surface area contributed by atoms with Crippen molar-refractivity contribution < 1.29 is 12.6 Å². The van der Waals surface area contributed by atoms with E-state index in [-0.39, 0.29) is 46.1 Å². The molecule has 0 aliphatic rings. The summed E-state index contributed by atoms with van der Waals surface area (Å²) in [6.07, 6.45) is 1.69. The Morgan fingerprint density at radius 2 is 0.981 bits per heavy atom. The van der Waals surface area contributed by atoms with Crippen molar-refractivity contribution in [3.8, 4) is 67.3 Å². The molecule has 0 N–H and O–H groups in total. The molecule has 248 valence electrons. The molecule has 0 spiro atoms. The third-order valence-corrected chi connectivity index (χ3v) is 9.67. The fourth-order valence-electron chi connectivity index (χ4n) is 7.21. The van der Waals surface area contributed by atoms with Crippen LogP contribution in [0.1, 0.15) is 8.22 Å². The summed E-state index contributed by atoms with van der Waals surface area (Å²) in [7, 11) is 0. The van der Waals surface area contributed by atoms with Gasteiger partial charge in [0.25, 0.3) is 0 Å². The van der Waals surface area contributed by atoms with Crippen LogP contribution in [-0.2, 0) is 0 Å². The molecule has 0 unspecified atom stereocenters. The molecule has 3 heteroatoms. The standard InChI is InChI=1S/C50H32N2O/c1-4-14-33(15-5-1)45-46(34-16-6-2-7-17-34)50(53-49(45)37-18-8-3-9-19-37)39-21-12-20-38(32-39)40-28-29-43(42-24-11-10-23-41(40)42)44-30-27-36-26-25-35-22-13-31-51-47(35)48(36)52-44/h1-32H/i10D,11D,23D,24D,28D,29D. The number of fused-ring (bicyclic) bond motifs is 4. The number of rotatable bonds is 6. The van der Waals surface area contributed by atoms with Crippen LogP contribution < -0.4 is 0 Å². The van der Waals surface area contributed by atoms with Crippen molar-refractivity contribution in [2.24, 2.45) is 0 Å². The Hall–Kier alpha value is -7.10. The van der Waals surface area contributed by atoms with Gasteiger partial charge in [-0.1, -0.05) is 170 Å². The van der Waals surface area contributed by atoms with E-state index in [2.05, 4.69) is 29.2 Å². The van der Waals surface area contributed by atoms with Gasteiger partial charge in [0, 0.05) is 44.8 Å². The lowest BCUT2D eigenvalue weighted by Gasteiger charge is -2.13. The SMILES string of the molecule is [2H]c1c([2H])c([2H])c2c(-c3ccc4ccc5cccnc5c4n3)c([2H])c([2H])c(-c3cccc(-c4oc(-c5ccccc5)c(-c5ccccc5)c4-c4ccccc4)c3)c2c1[2H]. The molecule has 0 aliphatic heterocycles. The number of benzene rings is 7. The minimum Gasteiger partial charge on any atom is -0.455 e. The summed E-state index contributed by atoms with van der Waals surface area (Å²) in [6.45, 7) is 0. The molecule has 0 fully saturated rings. The molecule has 53 heavy (non-hydrogen) atoms. The first-order valence-electron chi connectivity index (χ1n) is 20.4. The molecule has 3 nitrogen and oxygen atoms in total. The molecule has 0 bridgehead atoms. The minimum atomic E-state index is -0.432. The third-order valence-electron chi connectivity index (χ3n) is 9.67. The first-order chi connectivity index (χ1) is 28.8. The Labute approximate surface area is 315 Å². The lowest BCUT2D eigenvalue weighted by Crippen LogP contribution is -1.91. The predicted octanol–water partition coefficient (Wildman–Crippen LogP) is 13.5. The molecule has 0 aliphatic carbocycles. The molecule has 0 saturated carbocycles.